The van der Waals surface area contributed by atoms with E-state index in [1.165, 1.54) is 12.1 Å². The number of methoxy groups -OCH3 is 2. The summed E-state index contributed by atoms with van der Waals surface area (Å²) in [6.45, 7) is 2.71. The van der Waals surface area contributed by atoms with Crippen LogP contribution in [0.3, 0.4) is 0 Å². The van der Waals surface area contributed by atoms with Crippen molar-refractivity contribution in [1.29, 1.82) is 0 Å². The van der Waals surface area contributed by atoms with Gasteiger partial charge in [0.25, 0.3) is 0 Å². The molecule has 4 rings (SSSR count). The topological polar surface area (TPSA) is 71.5 Å². The molecule has 0 spiro atoms. The molecule has 8 heteroatoms. The Morgan fingerprint density at radius 3 is 2.44 bits per heavy atom. The number of amides is 1. The van der Waals surface area contributed by atoms with E-state index in [1.807, 2.05) is 6.07 Å². The van der Waals surface area contributed by atoms with Gasteiger partial charge in [0.05, 0.1) is 32.1 Å². The Morgan fingerprint density at radius 1 is 1.09 bits per heavy atom. The third-order valence-electron chi connectivity index (χ3n) is 6.38. The summed E-state index contributed by atoms with van der Waals surface area (Å²) in [5.41, 5.74) is 0.542. The van der Waals surface area contributed by atoms with Gasteiger partial charge in [0, 0.05) is 25.7 Å². The van der Waals surface area contributed by atoms with E-state index in [0.717, 1.165) is 25.2 Å². The molecule has 1 N–H and O–H groups in total. The Hall–Kier alpha value is -2.84. The number of ether oxygens (including phenoxy) is 3. The molecule has 1 atom stereocenters. The van der Waals surface area contributed by atoms with Gasteiger partial charge in [-0.15, -0.1) is 0 Å². The molecule has 2 saturated heterocycles. The first-order chi connectivity index (χ1) is 15.4. The summed E-state index contributed by atoms with van der Waals surface area (Å²) in [6.07, 6.45) is 1.31. The van der Waals surface area contributed by atoms with Crippen molar-refractivity contribution in [3.05, 3.63) is 53.8 Å². The molecule has 1 unspecified atom stereocenters. The van der Waals surface area contributed by atoms with Gasteiger partial charge < -0.3 is 24.2 Å². The van der Waals surface area contributed by atoms with Gasteiger partial charge in [-0.25, -0.2) is 9.18 Å². The zero-order valence-corrected chi connectivity index (χ0v) is 18.4. The fraction of sp³-hybridized carbons (Fsp3) is 0.458. The molecule has 7 nitrogen and oxygen atoms in total. The summed E-state index contributed by atoms with van der Waals surface area (Å²) in [5.74, 6) is 0.859. The van der Waals surface area contributed by atoms with Gasteiger partial charge in [0.2, 0.25) is 0 Å². The van der Waals surface area contributed by atoms with Crippen LogP contribution in [0, 0.1) is 5.82 Å². The highest BCUT2D eigenvalue weighted by Crippen LogP contribution is 2.35. The molecular formula is C24H29FN2O5. The molecule has 0 saturated carbocycles. The molecule has 2 heterocycles. The van der Waals surface area contributed by atoms with Crippen molar-refractivity contribution in [2.45, 2.75) is 31.0 Å². The summed E-state index contributed by atoms with van der Waals surface area (Å²) in [5, 5.41) is 11.0. The average molecular weight is 445 g/mol. The normalized spacial score (nSPS) is 20.8. The standard InChI is InChI=1S/C24H29FN2O5/c1-30-21-8-7-19(15-22(21)31-2)27-16-20(32-23(27)28)9-12-26-13-10-24(29,11-14-26)17-3-5-18(25)6-4-17/h3-8,15,20,29H,9-14,16H2,1-2H3. The molecule has 2 aliphatic rings. The summed E-state index contributed by atoms with van der Waals surface area (Å²) >= 11 is 0. The Morgan fingerprint density at radius 2 is 1.78 bits per heavy atom. The van der Waals surface area contributed by atoms with Crippen molar-refractivity contribution in [1.82, 2.24) is 4.90 Å². The maximum atomic E-state index is 13.2. The van der Waals surface area contributed by atoms with Crippen molar-refractivity contribution in [2.75, 3.05) is 45.3 Å². The van der Waals surface area contributed by atoms with Crippen LogP contribution in [0.25, 0.3) is 0 Å². The Kier molecular flexibility index (Phi) is 6.53. The summed E-state index contributed by atoms with van der Waals surface area (Å²) < 4.78 is 29.3. The van der Waals surface area contributed by atoms with E-state index < -0.39 is 5.60 Å². The van der Waals surface area contributed by atoms with Crippen LogP contribution in [0.5, 0.6) is 11.5 Å². The first-order valence-corrected chi connectivity index (χ1v) is 10.8. The number of cyclic esters (lactones) is 1. The van der Waals surface area contributed by atoms with Gasteiger partial charge >= 0.3 is 6.09 Å². The zero-order valence-electron chi connectivity index (χ0n) is 18.4. The minimum atomic E-state index is -0.922. The first kappa shape index (κ1) is 22.4. The van der Waals surface area contributed by atoms with Crippen LogP contribution in [-0.4, -0.2) is 62.6 Å². The second-order valence-electron chi connectivity index (χ2n) is 8.32. The van der Waals surface area contributed by atoms with E-state index in [4.69, 9.17) is 14.2 Å². The maximum Gasteiger partial charge on any atom is 0.414 e. The lowest BCUT2D eigenvalue weighted by Gasteiger charge is -2.38. The van der Waals surface area contributed by atoms with Crippen LogP contribution in [0.15, 0.2) is 42.5 Å². The van der Waals surface area contributed by atoms with E-state index in [2.05, 4.69) is 4.90 Å². The zero-order chi connectivity index (χ0) is 22.7. The SMILES string of the molecule is COc1ccc(N2CC(CCN3CCC(O)(c4ccc(F)cc4)CC3)OC2=O)cc1OC. The highest BCUT2D eigenvalue weighted by Gasteiger charge is 2.36. The summed E-state index contributed by atoms with van der Waals surface area (Å²) in [6, 6.07) is 11.4. The lowest BCUT2D eigenvalue weighted by Crippen LogP contribution is -2.43. The lowest BCUT2D eigenvalue weighted by molar-refractivity contribution is -0.0276. The number of carbonyl (C=O) groups excluding carboxylic acids is 1. The van der Waals surface area contributed by atoms with Crippen molar-refractivity contribution in [2.24, 2.45) is 0 Å². The highest BCUT2D eigenvalue weighted by molar-refractivity contribution is 5.90. The molecule has 2 aromatic carbocycles. The van der Waals surface area contributed by atoms with Gasteiger partial charge in [-0.3, -0.25) is 4.90 Å². The fourth-order valence-electron chi connectivity index (χ4n) is 4.40. The Bertz CT molecular complexity index is 944. The van der Waals surface area contributed by atoms with Crippen LogP contribution in [-0.2, 0) is 10.3 Å². The van der Waals surface area contributed by atoms with Crippen LogP contribution in [0.4, 0.5) is 14.9 Å². The van der Waals surface area contributed by atoms with E-state index in [0.29, 0.717) is 43.0 Å². The number of hydrogen-bond donors (Lipinski definition) is 1. The van der Waals surface area contributed by atoms with Gasteiger partial charge in [-0.2, -0.15) is 0 Å². The molecule has 2 aromatic rings. The van der Waals surface area contributed by atoms with Gasteiger partial charge in [0.15, 0.2) is 11.5 Å². The van der Waals surface area contributed by atoms with Gasteiger partial charge in [-0.1, -0.05) is 12.1 Å². The number of aliphatic hydroxyl groups is 1. The molecule has 2 aliphatic heterocycles. The molecule has 0 radical (unpaired) electrons. The fourth-order valence-corrected chi connectivity index (χ4v) is 4.40. The number of likely N-dealkylation sites (tertiary alicyclic amines) is 1. The van der Waals surface area contributed by atoms with Crippen LogP contribution >= 0.6 is 0 Å². The molecule has 172 valence electrons. The second-order valence-corrected chi connectivity index (χ2v) is 8.32. The smallest absolute Gasteiger partial charge is 0.414 e. The van der Waals surface area contributed by atoms with Crippen molar-refractivity contribution in [3.63, 3.8) is 0 Å². The molecule has 0 bridgehead atoms. The third kappa shape index (κ3) is 4.66. The highest BCUT2D eigenvalue weighted by atomic mass is 19.1. The van der Waals surface area contributed by atoms with Crippen molar-refractivity contribution in [3.8, 4) is 11.5 Å². The number of carbonyl (C=O) groups is 1. The molecule has 32 heavy (non-hydrogen) atoms. The quantitative estimate of drug-likeness (QED) is 0.705. The Balaban J connectivity index is 1.29. The van der Waals surface area contributed by atoms with Crippen LogP contribution < -0.4 is 14.4 Å². The Labute approximate surface area is 187 Å². The lowest BCUT2D eigenvalue weighted by atomic mass is 9.84. The minimum Gasteiger partial charge on any atom is -0.493 e. The van der Waals surface area contributed by atoms with Gasteiger partial charge in [-0.05, 0) is 49.1 Å². The number of nitrogens with zero attached hydrogens (tertiary/aromatic N) is 2. The second kappa shape index (κ2) is 9.34. The predicted molar refractivity (Wildman–Crippen MR) is 118 cm³/mol. The predicted octanol–water partition coefficient (Wildman–Crippen LogP) is 3.54. The van der Waals surface area contributed by atoms with E-state index >= 15 is 0 Å². The van der Waals surface area contributed by atoms with Crippen molar-refractivity contribution < 1.29 is 28.5 Å². The molecule has 0 aliphatic carbocycles. The maximum absolute atomic E-state index is 13.2. The van der Waals surface area contributed by atoms with Crippen LogP contribution in [0.2, 0.25) is 0 Å². The van der Waals surface area contributed by atoms with E-state index in [-0.39, 0.29) is 18.0 Å². The van der Waals surface area contributed by atoms with E-state index in [1.54, 1.807) is 43.4 Å². The number of piperidine rings is 1. The average Bonchev–Trinajstić information content (AvgIpc) is 3.19. The number of rotatable bonds is 7. The number of halogens is 1. The summed E-state index contributed by atoms with van der Waals surface area (Å²) in [7, 11) is 3.13. The molecular weight excluding hydrogens is 415 g/mol. The van der Waals surface area contributed by atoms with E-state index in [9.17, 15) is 14.3 Å². The molecule has 1 amide bonds. The number of hydrogen-bond acceptors (Lipinski definition) is 6. The van der Waals surface area contributed by atoms with Crippen molar-refractivity contribution >= 4 is 11.8 Å². The monoisotopic (exact) mass is 444 g/mol. The van der Waals surface area contributed by atoms with Gasteiger partial charge in [0.1, 0.15) is 11.9 Å². The molecule has 0 aromatic heterocycles. The summed E-state index contributed by atoms with van der Waals surface area (Å²) in [4.78, 5) is 16.3. The third-order valence-corrected chi connectivity index (χ3v) is 6.38. The first-order valence-electron chi connectivity index (χ1n) is 10.8. The number of anilines is 1. The largest absolute Gasteiger partial charge is 0.493 e. The molecule has 2 fully saturated rings. The minimum absolute atomic E-state index is 0.200. The van der Waals surface area contributed by atoms with Crippen LogP contribution in [0.1, 0.15) is 24.8 Å². The number of benzene rings is 2.